The van der Waals surface area contributed by atoms with Crippen molar-refractivity contribution < 1.29 is 4.79 Å². The van der Waals surface area contributed by atoms with E-state index in [0.717, 1.165) is 35.1 Å². The van der Waals surface area contributed by atoms with E-state index in [2.05, 4.69) is 17.3 Å². The lowest BCUT2D eigenvalue weighted by molar-refractivity contribution is 0.0993. The number of thiophene rings is 1. The molecule has 1 saturated carbocycles. The first-order valence-corrected chi connectivity index (χ1v) is 8.32. The maximum Gasteiger partial charge on any atom is 0.174 e. The highest BCUT2D eigenvalue weighted by atomic mass is 32.1. The predicted molar refractivity (Wildman–Crippen MR) is 84.9 cm³/mol. The maximum atomic E-state index is 12.0. The zero-order chi connectivity index (χ0) is 14.3. The van der Waals surface area contributed by atoms with Gasteiger partial charge in [-0.25, -0.2) is 0 Å². The van der Waals surface area contributed by atoms with Gasteiger partial charge in [0.2, 0.25) is 0 Å². The molecule has 1 aromatic heterocycles. The number of Topliss-reactive ketones (excluding diaryl/α,β-unsaturated/α-hetero) is 1. The monoisotopic (exact) mass is 293 g/mol. The van der Waals surface area contributed by atoms with Crippen LogP contribution in [0.5, 0.6) is 0 Å². The normalized spacial score (nSPS) is 23.2. The number of ketones is 1. The lowest BCUT2D eigenvalue weighted by Crippen LogP contribution is -2.23. The van der Waals surface area contributed by atoms with Gasteiger partial charge in [-0.1, -0.05) is 6.92 Å². The van der Waals surface area contributed by atoms with Crippen molar-refractivity contribution in [2.45, 2.75) is 44.6 Å². The van der Waals surface area contributed by atoms with Gasteiger partial charge in [-0.15, -0.1) is 11.3 Å². The van der Waals surface area contributed by atoms with Gasteiger partial charge in [0, 0.05) is 24.6 Å². The van der Waals surface area contributed by atoms with Crippen molar-refractivity contribution in [2.24, 2.45) is 0 Å². The summed E-state index contributed by atoms with van der Waals surface area (Å²) in [6.07, 6.45) is 4.11. The van der Waals surface area contributed by atoms with E-state index in [1.165, 1.54) is 18.4 Å². The van der Waals surface area contributed by atoms with Crippen LogP contribution in [0.2, 0.25) is 0 Å². The van der Waals surface area contributed by atoms with E-state index in [4.69, 9.17) is 5.73 Å². The van der Waals surface area contributed by atoms with Gasteiger partial charge in [0.05, 0.1) is 15.6 Å². The lowest BCUT2D eigenvalue weighted by Gasteiger charge is -2.14. The van der Waals surface area contributed by atoms with E-state index in [1.54, 1.807) is 11.3 Å². The summed E-state index contributed by atoms with van der Waals surface area (Å²) in [5.41, 5.74) is 8.23. The highest BCUT2D eigenvalue weighted by Crippen LogP contribution is 2.51. The molecule has 3 N–H and O–H groups in total. The van der Waals surface area contributed by atoms with E-state index in [0.29, 0.717) is 18.4 Å². The summed E-state index contributed by atoms with van der Waals surface area (Å²) in [4.78, 5) is 15.1. The molecular weight excluding hydrogens is 270 g/mol. The van der Waals surface area contributed by atoms with Gasteiger partial charge in [-0.3, -0.25) is 4.79 Å². The van der Waals surface area contributed by atoms with Crippen molar-refractivity contribution in [1.29, 1.82) is 0 Å². The van der Waals surface area contributed by atoms with Crippen LogP contribution in [0.15, 0.2) is 0 Å². The maximum absolute atomic E-state index is 12.0. The molecule has 2 heterocycles. The number of carbonyl (C=O) groups excluding carboxylic acids is 1. The van der Waals surface area contributed by atoms with Gasteiger partial charge in [0.25, 0.3) is 0 Å². The SMILES string of the molecule is CCC(=O)c1sc(NC2CCN(C)C2)c(C2CC2)c1N. The van der Waals surface area contributed by atoms with E-state index >= 15 is 0 Å². The van der Waals surface area contributed by atoms with Gasteiger partial charge in [0.15, 0.2) is 5.78 Å². The van der Waals surface area contributed by atoms with Crippen molar-refractivity contribution in [3.8, 4) is 0 Å². The molecule has 1 saturated heterocycles. The zero-order valence-electron chi connectivity index (χ0n) is 12.2. The molecule has 4 nitrogen and oxygen atoms in total. The average Bonchev–Trinajstić information content (AvgIpc) is 3.10. The standard InChI is InChI=1S/C15H23N3OS/c1-3-11(19)14-13(16)12(9-4-5-9)15(20-14)17-10-6-7-18(2)8-10/h9-10,17H,3-8,16H2,1-2H3. The number of nitrogens with one attached hydrogen (secondary N) is 1. The number of hydrogen-bond acceptors (Lipinski definition) is 5. The molecule has 3 rings (SSSR count). The Morgan fingerprint density at radius 1 is 1.45 bits per heavy atom. The molecule has 0 spiro atoms. The quantitative estimate of drug-likeness (QED) is 0.820. The van der Waals surface area contributed by atoms with Crippen molar-refractivity contribution in [3.05, 3.63) is 10.4 Å². The summed E-state index contributed by atoms with van der Waals surface area (Å²) in [5, 5.41) is 4.80. The Hall–Kier alpha value is -1.07. The first-order chi connectivity index (χ1) is 9.60. The topological polar surface area (TPSA) is 58.4 Å². The molecule has 1 aromatic rings. The fourth-order valence-corrected chi connectivity index (χ4v) is 4.24. The van der Waals surface area contributed by atoms with Crippen LogP contribution in [0.25, 0.3) is 0 Å². The van der Waals surface area contributed by atoms with Crippen LogP contribution >= 0.6 is 11.3 Å². The predicted octanol–water partition coefficient (Wildman–Crippen LogP) is 2.92. The van der Waals surface area contributed by atoms with Crippen molar-refractivity contribution in [1.82, 2.24) is 4.90 Å². The summed E-state index contributed by atoms with van der Waals surface area (Å²) in [6.45, 7) is 4.11. The minimum Gasteiger partial charge on any atom is -0.397 e. The number of likely N-dealkylation sites (tertiary alicyclic amines) is 1. The number of nitrogen functional groups attached to an aromatic ring is 1. The number of nitrogens with two attached hydrogens (primary N) is 1. The molecule has 1 aliphatic heterocycles. The Morgan fingerprint density at radius 3 is 2.75 bits per heavy atom. The largest absolute Gasteiger partial charge is 0.397 e. The summed E-state index contributed by atoms with van der Waals surface area (Å²) < 4.78 is 0. The summed E-state index contributed by atoms with van der Waals surface area (Å²) >= 11 is 1.57. The van der Waals surface area contributed by atoms with E-state index in [9.17, 15) is 4.79 Å². The summed E-state index contributed by atoms with van der Waals surface area (Å²) in [5.74, 6) is 0.747. The minimum atomic E-state index is 0.172. The van der Waals surface area contributed by atoms with Crippen LogP contribution in [0.4, 0.5) is 10.7 Å². The Bertz CT molecular complexity index is 521. The van der Waals surface area contributed by atoms with Crippen LogP contribution < -0.4 is 11.1 Å². The van der Waals surface area contributed by atoms with E-state index in [1.807, 2.05) is 6.92 Å². The van der Waals surface area contributed by atoms with Crippen LogP contribution in [0, 0.1) is 0 Å². The van der Waals surface area contributed by atoms with Crippen LogP contribution in [0.3, 0.4) is 0 Å². The van der Waals surface area contributed by atoms with E-state index in [-0.39, 0.29) is 5.78 Å². The number of anilines is 2. The van der Waals surface area contributed by atoms with Crippen molar-refractivity contribution in [3.63, 3.8) is 0 Å². The fraction of sp³-hybridized carbons (Fsp3) is 0.667. The Balaban J connectivity index is 1.86. The van der Waals surface area contributed by atoms with Gasteiger partial charge in [-0.2, -0.15) is 0 Å². The molecule has 0 aromatic carbocycles. The fourth-order valence-electron chi connectivity index (χ4n) is 2.95. The lowest BCUT2D eigenvalue weighted by atomic mass is 10.1. The van der Waals surface area contributed by atoms with Gasteiger partial charge in [0.1, 0.15) is 0 Å². The van der Waals surface area contributed by atoms with E-state index < -0.39 is 0 Å². The number of nitrogens with zero attached hydrogens (tertiary/aromatic N) is 1. The second kappa shape index (κ2) is 5.37. The summed E-state index contributed by atoms with van der Waals surface area (Å²) in [7, 11) is 2.15. The Labute approximate surface area is 124 Å². The second-order valence-corrected chi connectivity index (χ2v) is 7.05. The van der Waals surface area contributed by atoms with Crippen LogP contribution in [0.1, 0.15) is 53.8 Å². The average molecular weight is 293 g/mol. The molecule has 2 fully saturated rings. The minimum absolute atomic E-state index is 0.172. The first kappa shape index (κ1) is 13.9. The Morgan fingerprint density at radius 2 is 2.20 bits per heavy atom. The molecule has 20 heavy (non-hydrogen) atoms. The van der Waals surface area contributed by atoms with Crippen LogP contribution in [-0.2, 0) is 0 Å². The molecular formula is C15H23N3OS. The third-order valence-electron chi connectivity index (χ3n) is 4.27. The van der Waals surface area contributed by atoms with Crippen molar-refractivity contribution >= 4 is 27.8 Å². The number of hydrogen-bond donors (Lipinski definition) is 2. The van der Waals surface area contributed by atoms with Crippen molar-refractivity contribution in [2.75, 3.05) is 31.2 Å². The molecule has 1 unspecified atom stereocenters. The first-order valence-electron chi connectivity index (χ1n) is 7.50. The van der Waals surface area contributed by atoms with Gasteiger partial charge < -0.3 is 16.0 Å². The molecule has 5 heteroatoms. The molecule has 0 bridgehead atoms. The van der Waals surface area contributed by atoms with Gasteiger partial charge >= 0.3 is 0 Å². The van der Waals surface area contributed by atoms with Gasteiger partial charge in [-0.05, 0) is 38.8 Å². The molecule has 1 atom stereocenters. The number of likely N-dealkylation sites (N-methyl/N-ethyl adjacent to an activating group) is 1. The molecule has 2 aliphatic rings. The van der Waals surface area contributed by atoms with Crippen LogP contribution in [-0.4, -0.2) is 36.9 Å². The molecule has 110 valence electrons. The molecule has 1 aliphatic carbocycles. The second-order valence-electron chi connectivity index (χ2n) is 6.03. The highest BCUT2D eigenvalue weighted by molar-refractivity contribution is 7.18. The third-order valence-corrected chi connectivity index (χ3v) is 5.46. The third kappa shape index (κ3) is 2.56. The number of carbonyl (C=O) groups is 1. The smallest absolute Gasteiger partial charge is 0.174 e. The molecule has 0 amide bonds. The molecule has 0 radical (unpaired) electrons. The summed E-state index contributed by atoms with van der Waals surface area (Å²) in [6, 6.07) is 0.486. The zero-order valence-corrected chi connectivity index (χ0v) is 13.1. The Kier molecular flexibility index (Phi) is 3.73. The number of rotatable bonds is 5. The highest BCUT2D eigenvalue weighted by Gasteiger charge is 2.33.